The Morgan fingerprint density at radius 2 is 1.94 bits per heavy atom. The van der Waals surface area contributed by atoms with Crippen molar-refractivity contribution in [3.8, 4) is 0 Å². The van der Waals surface area contributed by atoms with Gasteiger partial charge in [-0.25, -0.2) is 4.39 Å². The van der Waals surface area contributed by atoms with Crippen LogP contribution in [0.2, 0.25) is 0 Å². The van der Waals surface area contributed by atoms with E-state index in [1.54, 1.807) is 12.1 Å². The molecule has 0 aromatic heterocycles. The minimum Gasteiger partial charge on any atom is -0.207 e. The fourth-order valence-corrected chi connectivity index (χ4v) is 2.97. The van der Waals surface area contributed by atoms with Crippen LogP contribution in [0.3, 0.4) is 0 Å². The van der Waals surface area contributed by atoms with Gasteiger partial charge in [0.2, 0.25) is 0 Å². The van der Waals surface area contributed by atoms with Gasteiger partial charge in [-0.15, -0.1) is 11.6 Å². The second-order valence-electron chi connectivity index (χ2n) is 4.88. The van der Waals surface area contributed by atoms with Crippen LogP contribution in [0.25, 0.3) is 0 Å². The molecule has 0 aliphatic heterocycles. The minimum atomic E-state index is -0.120. The number of aryl methyl sites for hydroxylation is 1. The monoisotopic (exact) mass is 240 g/mol. The van der Waals surface area contributed by atoms with Crippen molar-refractivity contribution in [1.82, 2.24) is 0 Å². The highest BCUT2D eigenvalue weighted by atomic mass is 35.5. The predicted octanol–water partition coefficient (Wildman–Crippen LogP) is 4.79. The number of rotatable bonds is 1. The molecule has 16 heavy (non-hydrogen) atoms. The van der Waals surface area contributed by atoms with Gasteiger partial charge >= 0.3 is 0 Å². The van der Waals surface area contributed by atoms with Crippen LogP contribution in [-0.4, -0.2) is 5.38 Å². The largest absolute Gasteiger partial charge is 0.207 e. The molecule has 2 heteroatoms. The number of hydrogen-bond acceptors (Lipinski definition) is 0. The van der Waals surface area contributed by atoms with Gasteiger partial charge in [-0.2, -0.15) is 0 Å². The fraction of sp³-hybridized carbons (Fsp3) is 0.571. The standard InChI is InChI=1S/C14H18ClF/c1-10-6-12(9-14(16)7-10)11-4-2-3-5-13(15)8-11/h6-7,9,11,13H,2-5,8H2,1H3. The van der Waals surface area contributed by atoms with Crippen molar-refractivity contribution >= 4 is 11.6 Å². The lowest BCUT2D eigenvalue weighted by Crippen LogP contribution is -2.04. The molecule has 2 atom stereocenters. The topological polar surface area (TPSA) is 0 Å². The summed E-state index contributed by atoms with van der Waals surface area (Å²) in [5, 5.41) is 0.260. The molecule has 0 saturated heterocycles. The summed E-state index contributed by atoms with van der Waals surface area (Å²) in [7, 11) is 0. The number of alkyl halides is 1. The Hall–Kier alpha value is -0.560. The van der Waals surface area contributed by atoms with Crippen molar-refractivity contribution in [3.63, 3.8) is 0 Å². The maximum Gasteiger partial charge on any atom is 0.123 e. The third kappa shape index (κ3) is 2.98. The molecule has 0 bridgehead atoms. The Balaban J connectivity index is 2.21. The van der Waals surface area contributed by atoms with Crippen LogP contribution < -0.4 is 0 Å². The van der Waals surface area contributed by atoms with Gasteiger partial charge in [0.1, 0.15) is 5.82 Å². The van der Waals surface area contributed by atoms with E-state index in [9.17, 15) is 4.39 Å². The average molecular weight is 241 g/mol. The normalized spacial score (nSPS) is 26.4. The van der Waals surface area contributed by atoms with E-state index in [0.29, 0.717) is 5.92 Å². The molecular weight excluding hydrogens is 223 g/mol. The van der Waals surface area contributed by atoms with E-state index in [-0.39, 0.29) is 11.2 Å². The van der Waals surface area contributed by atoms with Gasteiger partial charge < -0.3 is 0 Å². The van der Waals surface area contributed by atoms with E-state index in [1.165, 1.54) is 12.8 Å². The molecule has 1 fully saturated rings. The summed E-state index contributed by atoms with van der Waals surface area (Å²) in [5.74, 6) is 0.324. The summed E-state index contributed by atoms with van der Waals surface area (Å²) in [6.45, 7) is 1.95. The zero-order valence-electron chi connectivity index (χ0n) is 9.68. The number of benzene rings is 1. The third-order valence-corrected chi connectivity index (χ3v) is 3.79. The van der Waals surface area contributed by atoms with E-state index < -0.39 is 0 Å². The van der Waals surface area contributed by atoms with E-state index in [1.807, 2.05) is 6.92 Å². The molecular formula is C14H18ClF. The number of halogens is 2. The Kier molecular flexibility index (Phi) is 3.86. The molecule has 1 aliphatic carbocycles. The van der Waals surface area contributed by atoms with Crippen molar-refractivity contribution in [2.24, 2.45) is 0 Å². The Morgan fingerprint density at radius 1 is 1.19 bits per heavy atom. The van der Waals surface area contributed by atoms with Gasteiger partial charge in [0.05, 0.1) is 0 Å². The van der Waals surface area contributed by atoms with Crippen LogP contribution in [-0.2, 0) is 0 Å². The second kappa shape index (κ2) is 5.18. The molecule has 1 saturated carbocycles. The minimum absolute atomic E-state index is 0.120. The first-order valence-electron chi connectivity index (χ1n) is 6.06. The van der Waals surface area contributed by atoms with Gasteiger partial charge in [0.25, 0.3) is 0 Å². The SMILES string of the molecule is Cc1cc(F)cc(C2CCCCC(Cl)C2)c1. The molecule has 1 aromatic carbocycles. The summed E-state index contributed by atoms with van der Waals surface area (Å²) in [6.07, 6.45) is 5.66. The summed E-state index contributed by atoms with van der Waals surface area (Å²) in [5.41, 5.74) is 2.13. The van der Waals surface area contributed by atoms with E-state index in [0.717, 1.165) is 30.4 Å². The van der Waals surface area contributed by atoms with E-state index in [2.05, 4.69) is 6.07 Å². The van der Waals surface area contributed by atoms with Gasteiger partial charge in [-0.3, -0.25) is 0 Å². The molecule has 0 nitrogen and oxygen atoms in total. The predicted molar refractivity (Wildman–Crippen MR) is 66.6 cm³/mol. The quantitative estimate of drug-likeness (QED) is 0.489. The van der Waals surface area contributed by atoms with Gasteiger partial charge in [0.15, 0.2) is 0 Å². The number of hydrogen-bond donors (Lipinski definition) is 0. The second-order valence-corrected chi connectivity index (χ2v) is 5.49. The fourth-order valence-electron chi connectivity index (χ4n) is 2.60. The molecule has 88 valence electrons. The molecule has 0 amide bonds. The highest BCUT2D eigenvalue weighted by molar-refractivity contribution is 6.20. The zero-order chi connectivity index (χ0) is 11.5. The van der Waals surface area contributed by atoms with Crippen LogP contribution in [0.5, 0.6) is 0 Å². The zero-order valence-corrected chi connectivity index (χ0v) is 10.4. The lowest BCUT2D eigenvalue weighted by Gasteiger charge is -2.17. The summed E-state index contributed by atoms with van der Waals surface area (Å²) >= 11 is 6.25. The lowest BCUT2D eigenvalue weighted by molar-refractivity contribution is 0.580. The van der Waals surface area contributed by atoms with Crippen molar-refractivity contribution in [1.29, 1.82) is 0 Å². The van der Waals surface area contributed by atoms with E-state index in [4.69, 9.17) is 11.6 Å². The summed E-state index contributed by atoms with van der Waals surface area (Å²) in [6, 6.07) is 5.35. The highest BCUT2D eigenvalue weighted by Gasteiger charge is 2.20. The molecule has 0 spiro atoms. The van der Waals surface area contributed by atoms with Gasteiger partial charge in [0, 0.05) is 5.38 Å². The summed E-state index contributed by atoms with van der Waals surface area (Å²) < 4.78 is 13.3. The maximum absolute atomic E-state index is 13.3. The van der Waals surface area contributed by atoms with Crippen LogP contribution in [0.4, 0.5) is 4.39 Å². The highest BCUT2D eigenvalue weighted by Crippen LogP contribution is 2.34. The molecule has 0 N–H and O–H groups in total. The third-order valence-electron chi connectivity index (χ3n) is 3.40. The van der Waals surface area contributed by atoms with Crippen LogP contribution in [0, 0.1) is 12.7 Å². The van der Waals surface area contributed by atoms with Crippen molar-refractivity contribution in [2.75, 3.05) is 0 Å². The molecule has 0 heterocycles. The Bertz CT molecular complexity index is 342. The van der Waals surface area contributed by atoms with Crippen molar-refractivity contribution < 1.29 is 4.39 Å². The van der Waals surface area contributed by atoms with Gasteiger partial charge in [-0.1, -0.05) is 18.9 Å². The van der Waals surface area contributed by atoms with Crippen molar-refractivity contribution in [3.05, 3.63) is 35.1 Å². The van der Waals surface area contributed by atoms with Crippen LogP contribution >= 0.6 is 11.6 Å². The summed E-state index contributed by atoms with van der Waals surface area (Å²) in [4.78, 5) is 0. The molecule has 2 rings (SSSR count). The molecule has 0 radical (unpaired) electrons. The first-order chi connectivity index (χ1) is 7.65. The van der Waals surface area contributed by atoms with Crippen LogP contribution in [0.15, 0.2) is 18.2 Å². The Morgan fingerprint density at radius 3 is 2.69 bits per heavy atom. The smallest absolute Gasteiger partial charge is 0.123 e. The first kappa shape index (κ1) is 11.9. The van der Waals surface area contributed by atoms with Crippen LogP contribution in [0.1, 0.15) is 49.1 Å². The Labute approximate surface area is 102 Å². The first-order valence-corrected chi connectivity index (χ1v) is 6.50. The maximum atomic E-state index is 13.3. The molecule has 1 aliphatic rings. The molecule has 1 aromatic rings. The lowest BCUT2D eigenvalue weighted by atomic mass is 9.91. The van der Waals surface area contributed by atoms with E-state index >= 15 is 0 Å². The molecule has 2 unspecified atom stereocenters. The van der Waals surface area contributed by atoms with Crippen molar-refractivity contribution in [2.45, 2.75) is 50.3 Å². The van der Waals surface area contributed by atoms with Gasteiger partial charge in [-0.05, 0) is 55.4 Å². The average Bonchev–Trinajstić information content (AvgIpc) is 2.41.